The average molecular weight is 259 g/mol. The molecule has 1 aliphatic carbocycles. The van der Waals surface area contributed by atoms with Crippen molar-refractivity contribution in [3.05, 3.63) is 0 Å². The van der Waals surface area contributed by atoms with E-state index in [0.717, 1.165) is 19.4 Å². The number of methoxy groups -OCH3 is 1. The maximum Gasteiger partial charge on any atom is 0.222 e. The van der Waals surface area contributed by atoms with E-state index >= 15 is 0 Å². The maximum absolute atomic E-state index is 11.9. The molecule has 1 rings (SSSR count). The van der Waals surface area contributed by atoms with Crippen LogP contribution in [0.3, 0.4) is 0 Å². The van der Waals surface area contributed by atoms with Crippen molar-refractivity contribution in [3.63, 3.8) is 0 Å². The lowest BCUT2D eigenvalue weighted by Gasteiger charge is -2.35. The Morgan fingerprint density at radius 1 is 1.50 bits per heavy atom. The molecule has 106 valence electrons. The van der Waals surface area contributed by atoms with Gasteiger partial charge in [-0.2, -0.15) is 0 Å². The zero-order valence-corrected chi connectivity index (χ0v) is 11.6. The van der Waals surface area contributed by atoms with Crippen LogP contribution < -0.4 is 0 Å². The predicted molar refractivity (Wildman–Crippen MR) is 68.3 cm³/mol. The van der Waals surface area contributed by atoms with E-state index in [4.69, 9.17) is 9.47 Å². The molecule has 0 aromatic rings. The number of hydrogen-bond donors (Lipinski definition) is 1. The number of aliphatic hydroxyl groups is 1. The second-order valence-corrected chi connectivity index (χ2v) is 5.00. The first-order valence-electron chi connectivity index (χ1n) is 6.59. The SMILES string of the molecule is CCOC1CC(CC(=O)N(C)CC(O)COC)C1. The molecule has 0 spiro atoms. The summed E-state index contributed by atoms with van der Waals surface area (Å²) in [5, 5.41) is 9.55. The molecule has 18 heavy (non-hydrogen) atoms. The van der Waals surface area contributed by atoms with Gasteiger partial charge in [-0.15, -0.1) is 0 Å². The predicted octanol–water partition coefficient (Wildman–Crippen LogP) is 0.657. The van der Waals surface area contributed by atoms with E-state index in [1.807, 2.05) is 6.92 Å². The van der Waals surface area contributed by atoms with Crippen LogP contribution in [0.1, 0.15) is 26.2 Å². The van der Waals surface area contributed by atoms with Crippen LogP contribution in [-0.2, 0) is 14.3 Å². The van der Waals surface area contributed by atoms with Crippen molar-refractivity contribution in [1.29, 1.82) is 0 Å². The molecule has 1 N–H and O–H groups in total. The zero-order valence-electron chi connectivity index (χ0n) is 11.6. The molecule has 5 heteroatoms. The monoisotopic (exact) mass is 259 g/mol. The van der Waals surface area contributed by atoms with Gasteiger partial charge in [0, 0.05) is 33.7 Å². The van der Waals surface area contributed by atoms with E-state index in [9.17, 15) is 9.90 Å². The Hall–Kier alpha value is -0.650. The molecule has 1 amide bonds. The van der Waals surface area contributed by atoms with Gasteiger partial charge >= 0.3 is 0 Å². The number of likely N-dealkylation sites (N-methyl/N-ethyl adjacent to an activating group) is 1. The Kier molecular flexibility index (Phi) is 6.60. The normalized spacial score (nSPS) is 24.4. The summed E-state index contributed by atoms with van der Waals surface area (Å²) in [7, 11) is 3.26. The molecule has 0 aliphatic heterocycles. The average Bonchev–Trinajstić information content (AvgIpc) is 2.26. The van der Waals surface area contributed by atoms with Crippen LogP contribution in [0, 0.1) is 5.92 Å². The van der Waals surface area contributed by atoms with Gasteiger partial charge in [0.15, 0.2) is 0 Å². The molecule has 0 saturated heterocycles. The topological polar surface area (TPSA) is 59.0 Å². The van der Waals surface area contributed by atoms with E-state index in [1.165, 1.54) is 7.11 Å². The van der Waals surface area contributed by atoms with Crippen LogP contribution in [0.15, 0.2) is 0 Å². The van der Waals surface area contributed by atoms with E-state index in [2.05, 4.69) is 0 Å². The molecule has 0 aromatic heterocycles. The molecule has 5 nitrogen and oxygen atoms in total. The highest BCUT2D eigenvalue weighted by Crippen LogP contribution is 2.32. The highest BCUT2D eigenvalue weighted by Gasteiger charge is 2.31. The highest BCUT2D eigenvalue weighted by molar-refractivity contribution is 5.76. The summed E-state index contributed by atoms with van der Waals surface area (Å²) in [6, 6.07) is 0. The lowest BCUT2D eigenvalue weighted by Crippen LogP contribution is -2.40. The molecule has 0 aromatic carbocycles. The van der Waals surface area contributed by atoms with Gasteiger partial charge in [0.05, 0.1) is 18.8 Å². The van der Waals surface area contributed by atoms with Gasteiger partial charge in [-0.25, -0.2) is 0 Å². The molecule has 0 heterocycles. The minimum Gasteiger partial charge on any atom is -0.389 e. The Labute approximate surface area is 109 Å². The number of hydrogen-bond acceptors (Lipinski definition) is 4. The largest absolute Gasteiger partial charge is 0.389 e. The van der Waals surface area contributed by atoms with Gasteiger partial charge in [0.2, 0.25) is 5.91 Å². The van der Waals surface area contributed by atoms with Crippen molar-refractivity contribution in [2.45, 2.75) is 38.4 Å². The molecule has 0 bridgehead atoms. The van der Waals surface area contributed by atoms with Crippen molar-refractivity contribution < 1.29 is 19.4 Å². The van der Waals surface area contributed by atoms with Gasteiger partial charge in [-0.3, -0.25) is 4.79 Å². The minimum atomic E-state index is -0.610. The van der Waals surface area contributed by atoms with Crippen LogP contribution in [0.4, 0.5) is 0 Å². The molecule has 1 fully saturated rings. The molecule has 0 radical (unpaired) electrons. The Morgan fingerprint density at radius 2 is 2.17 bits per heavy atom. The van der Waals surface area contributed by atoms with Crippen LogP contribution in [-0.4, -0.2) is 62.0 Å². The number of ether oxygens (including phenoxy) is 2. The number of carbonyl (C=O) groups excluding carboxylic acids is 1. The van der Waals surface area contributed by atoms with Crippen molar-refractivity contribution in [2.75, 3.05) is 33.9 Å². The fourth-order valence-corrected chi connectivity index (χ4v) is 2.28. The molecular weight excluding hydrogens is 234 g/mol. The summed E-state index contributed by atoms with van der Waals surface area (Å²) in [6.45, 7) is 3.32. The third-order valence-corrected chi connectivity index (χ3v) is 3.33. The number of aliphatic hydroxyl groups excluding tert-OH is 1. The highest BCUT2D eigenvalue weighted by atomic mass is 16.5. The fourth-order valence-electron chi connectivity index (χ4n) is 2.28. The smallest absolute Gasteiger partial charge is 0.222 e. The van der Waals surface area contributed by atoms with E-state index in [1.54, 1.807) is 11.9 Å². The van der Waals surface area contributed by atoms with Gasteiger partial charge in [-0.05, 0) is 25.7 Å². The second-order valence-electron chi connectivity index (χ2n) is 5.00. The van der Waals surface area contributed by atoms with Crippen molar-refractivity contribution in [2.24, 2.45) is 5.92 Å². The van der Waals surface area contributed by atoms with Crippen LogP contribution >= 0.6 is 0 Å². The summed E-state index contributed by atoms with van der Waals surface area (Å²) in [6.07, 6.45) is 2.25. The quantitative estimate of drug-likeness (QED) is 0.695. The third kappa shape index (κ3) is 4.92. The first-order chi connectivity index (χ1) is 8.56. The molecule has 1 aliphatic rings. The van der Waals surface area contributed by atoms with Crippen LogP contribution in [0.2, 0.25) is 0 Å². The van der Waals surface area contributed by atoms with Crippen molar-refractivity contribution in [1.82, 2.24) is 4.90 Å². The number of nitrogens with zero attached hydrogens (tertiary/aromatic N) is 1. The third-order valence-electron chi connectivity index (χ3n) is 3.33. The lowest BCUT2D eigenvalue weighted by molar-refractivity contribution is -0.134. The summed E-state index contributed by atoms with van der Waals surface area (Å²) in [5.74, 6) is 0.529. The lowest BCUT2D eigenvalue weighted by atomic mass is 9.80. The number of rotatable bonds is 8. The second kappa shape index (κ2) is 7.71. The first kappa shape index (κ1) is 15.4. The zero-order chi connectivity index (χ0) is 13.5. The van der Waals surface area contributed by atoms with Crippen LogP contribution in [0.5, 0.6) is 0 Å². The molecular formula is C13H25NO4. The summed E-state index contributed by atoms with van der Waals surface area (Å²) < 4.78 is 10.3. The first-order valence-corrected chi connectivity index (χ1v) is 6.59. The van der Waals surface area contributed by atoms with Crippen molar-refractivity contribution in [3.8, 4) is 0 Å². The van der Waals surface area contributed by atoms with E-state index in [0.29, 0.717) is 25.0 Å². The van der Waals surface area contributed by atoms with Gasteiger partial charge < -0.3 is 19.5 Å². The standard InChI is InChI=1S/C13H25NO4/c1-4-18-12-5-10(6-12)7-13(16)14(2)8-11(15)9-17-3/h10-12,15H,4-9H2,1-3H3. The Morgan fingerprint density at radius 3 is 2.72 bits per heavy atom. The van der Waals surface area contributed by atoms with E-state index < -0.39 is 6.10 Å². The maximum atomic E-state index is 11.9. The fraction of sp³-hybridized carbons (Fsp3) is 0.923. The Balaban J connectivity index is 2.17. The van der Waals surface area contributed by atoms with Crippen molar-refractivity contribution >= 4 is 5.91 Å². The molecule has 1 unspecified atom stereocenters. The summed E-state index contributed by atoms with van der Waals surface area (Å²) >= 11 is 0. The summed E-state index contributed by atoms with van der Waals surface area (Å²) in [4.78, 5) is 13.5. The van der Waals surface area contributed by atoms with E-state index in [-0.39, 0.29) is 12.5 Å². The van der Waals surface area contributed by atoms with Crippen LogP contribution in [0.25, 0.3) is 0 Å². The molecule has 1 atom stereocenters. The number of carbonyl (C=O) groups is 1. The Bertz CT molecular complexity index is 253. The number of amides is 1. The van der Waals surface area contributed by atoms with Gasteiger partial charge in [0.25, 0.3) is 0 Å². The summed E-state index contributed by atoms with van der Waals surface area (Å²) in [5.41, 5.74) is 0. The minimum absolute atomic E-state index is 0.0881. The molecule has 1 saturated carbocycles. The van der Waals surface area contributed by atoms with Gasteiger partial charge in [-0.1, -0.05) is 0 Å². The van der Waals surface area contributed by atoms with Gasteiger partial charge in [0.1, 0.15) is 0 Å².